The average Bonchev–Trinajstić information content (AvgIpc) is 2.57. The van der Waals surface area contributed by atoms with Gasteiger partial charge in [-0.2, -0.15) is 0 Å². The number of H-pyrrole nitrogens is 1. The van der Waals surface area contributed by atoms with Gasteiger partial charge in [-0.25, -0.2) is 4.79 Å². The van der Waals surface area contributed by atoms with Crippen molar-refractivity contribution in [3.63, 3.8) is 0 Å². The number of aryl methyl sites for hydroxylation is 2. The molecule has 0 aliphatic rings. The van der Waals surface area contributed by atoms with Crippen molar-refractivity contribution in [1.29, 1.82) is 0 Å². The molecule has 0 atom stereocenters. The fourth-order valence-electron chi connectivity index (χ4n) is 2.46. The molecule has 2 aromatic carbocycles. The van der Waals surface area contributed by atoms with Crippen molar-refractivity contribution in [3.05, 3.63) is 90.2 Å². The van der Waals surface area contributed by atoms with Crippen molar-refractivity contribution in [2.24, 2.45) is 0 Å². The molecule has 134 valence electrons. The van der Waals surface area contributed by atoms with Crippen LogP contribution in [0.2, 0.25) is 10.0 Å². The smallest absolute Gasteiger partial charge is 0.328 e. The minimum absolute atomic E-state index is 0.221. The molecular formula is C19H16Cl2N2O3. The Morgan fingerprint density at radius 3 is 2.31 bits per heavy atom. The maximum atomic E-state index is 11.8. The van der Waals surface area contributed by atoms with E-state index in [4.69, 9.17) is 27.9 Å². The number of rotatable bonds is 4. The van der Waals surface area contributed by atoms with Gasteiger partial charge in [0.05, 0.1) is 16.6 Å². The summed E-state index contributed by atoms with van der Waals surface area (Å²) >= 11 is 12.7. The standard InChI is InChI=1S/C19H16Cl2N2O3/c1-11-3-4-14(7-12(11)2)26-18-15(20)8-13(9-16(18)21)10-23-6-5-17(24)22-19(23)25/h3-9H,10H2,1-2H3,(H,22,24,25). The Hall–Kier alpha value is -2.50. The summed E-state index contributed by atoms with van der Waals surface area (Å²) in [4.78, 5) is 25.1. The van der Waals surface area contributed by atoms with Gasteiger partial charge in [0, 0.05) is 12.3 Å². The molecule has 0 unspecified atom stereocenters. The molecule has 0 saturated heterocycles. The Bertz CT molecular complexity index is 1060. The summed E-state index contributed by atoms with van der Waals surface area (Å²) in [7, 11) is 0. The predicted octanol–water partition coefficient (Wildman–Crippen LogP) is 4.30. The van der Waals surface area contributed by atoms with Gasteiger partial charge in [0.1, 0.15) is 5.75 Å². The Balaban J connectivity index is 1.89. The van der Waals surface area contributed by atoms with Crippen LogP contribution in [0.5, 0.6) is 11.5 Å². The van der Waals surface area contributed by atoms with Crippen LogP contribution in [0.15, 0.2) is 52.2 Å². The Labute approximate surface area is 159 Å². The van der Waals surface area contributed by atoms with E-state index in [1.165, 1.54) is 16.8 Å². The van der Waals surface area contributed by atoms with Gasteiger partial charge in [0.15, 0.2) is 5.75 Å². The molecule has 0 bridgehead atoms. The van der Waals surface area contributed by atoms with Crippen LogP contribution in [0, 0.1) is 13.8 Å². The van der Waals surface area contributed by atoms with Crippen LogP contribution in [0.3, 0.4) is 0 Å². The molecule has 3 aromatic rings. The molecule has 0 aliphatic heterocycles. The summed E-state index contributed by atoms with van der Waals surface area (Å²) in [6.07, 6.45) is 1.42. The van der Waals surface area contributed by atoms with Gasteiger partial charge in [-0.15, -0.1) is 0 Å². The normalized spacial score (nSPS) is 10.8. The molecule has 1 N–H and O–H groups in total. The van der Waals surface area contributed by atoms with E-state index in [1.807, 2.05) is 32.0 Å². The maximum Gasteiger partial charge on any atom is 0.328 e. The third kappa shape index (κ3) is 4.00. The molecule has 0 fully saturated rings. The van der Waals surface area contributed by atoms with Crippen LogP contribution < -0.4 is 16.0 Å². The highest BCUT2D eigenvalue weighted by Crippen LogP contribution is 2.37. The van der Waals surface area contributed by atoms with E-state index in [2.05, 4.69) is 4.98 Å². The molecule has 26 heavy (non-hydrogen) atoms. The van der Waals surface area contributed by atoms with E-state index in [0.717, 1.165) is 11.1 Å². The molecule has 1 heterocycles. The van der Waals surface area contributed by atoms with Crippen molar-refractivity contribution < 1.29 is 4.74 Å². The zero-order valence-electron chi connectivity index (χ0n) is 14.2. The van der Waals surface area contributed by atoms with Gasteiger partial charge in [0.2, 0.25) is 0 Å². The number of nitrogens with zero attached hydrogens (tertiary/aromatic N) is 1. The summed E-state index contributed by atoms with van der Waals surface area (Å²) < 4.78 is 7.19. The Morgan fingerprint density at radius 1 is 1.00 bits per heavy atom. The van der Waals surface area contributed by atoms with Crippen molar-refractivity contribution in [2.75, 3.05) is 0 Å². The van der Waals surface area contributed by atoms with Crippen molar-refractivity contribution in [2.45, 2.75) is 20.4 Å². The number of nitrogens with one attached hydrogen (secondary N) is 1. The first kappa shape index (κ1) is 18.3. The molecule has 0 spiro atoms. The van der Waals surface area contributed by atoms with Gasteiger partial charge in [-0.1, -0.05) is 29.3 Å². The van der Waals surface area contributed by atoms with E-state index in [-0.39, 0.29) is 6.54 Å². The number of hydrogen-bond donors (Lipinski definition) is 1. The maximum absolute atomic E-state index is 11.8. The number of benzene rings is 2. The quantitative estimate of drug-likeness (QED) is 0.721. The zero-order valence-corrected chi connectivity index (χ0v) is 15.7. The van der Waals surface area contributed by atoms with Crippen LogP contribution in [-0.4, -0.2) is 9.55 Å². The van der Waals surface area contributed by atoms with Crippen LogP contribution in [0.1, 0.15) is 16.7 Å². The van der Waals surface area contributed by atoms with Crippen LogP contribution in [-0.2, 0) is 6.54 Å². The molecule has 0 aliphatic carbocycles. The van der Waals surface area contributed by atoms with E-state index >= 15 is 0 Å². The van der Waals surface area contributed by atoms with Gasteiger partial charge in [-0.3, -0.25) is 14.3 Å². The molecule has 0 radical (unpaired) electrons. The lowest BCUT2D eigenvalue weighted by molar-refractivity contribution is 0.482. The minimum Gasteiger partial charge on any atom is -0.454 e. The highest BCUT2D eigenvalue weighted by atomic mass is 35.5. The average molecular weight is 391 g/mol. The molecule has 3 rings (SSSR count). The second-order valence-corrected chi connectivity index (χ2v) is 6.79. The van der Waals surface area contributed by atoms with Gasteiger partial charge in [0.25, 0.3) is 5.56 Å². The second-order valence-electron chi connectivity index (χ2n) is 5.97. The van der Waals surface area contributed by atoms with E-state index < -0.39 is 11.2 Å². The number of halogens is 2. The van der Waals surface area contributed by atoms with Crippen LogP contribution >= 0.6 is 23.2 Å². The lowest BCUT2D eigenvalue weighted by atomic mass is 10.1. The number of ether oxygens (including phenoxy) is 1. The monoisotopic (exact) mass is 390 g/mol. The summed E-state index contributed by atoms with van der Waals surface area (Å²) in [6, 6.07) is 10.4. The van der Waals surface area contributed by atoms with Crippen molar-refractivity contribution in [3.8, 4) is 11.5 Å². The van der Waals surface area contributed by atoms with Gasteiger partial charge >= 0.3 is 5.69 Å². The first-order valence-corrected chi connectivity index (χ1v) is 8.62. The largest absolute Gasteiger partial charge is 0.454 e. The highest BCUT2D eigenvalue weighted by Gasteiger charge is 2.12. The fourth-order valence-corrected chi connectivity index (χ4v) is 3.07. The molecule has 7 heteroatoms. The highest BCUT2D eigenvalue weighted by molar-refractivity contribution is 6.37. The first-order valence-electron chi connectivity index (χ1n) is 7.86. The second kappa shape index (κ2) is 7.40. The topological polar surface area (TPSA) is 64.1 Å². The molecule has 0 saturated carbocycles. The summed E-state index contributed by atoms with van der Waals surface area (Å²) in [5.74, 6) is 0.996. The van der Waals surface area contributed by atoms with E-state index in [0.29, 0.717) is 27.1 Å². The lowest BCUT2D eigenvalue weighted by Crippen LogP contribution is -2.28. The molecule has 5 nitrogen and oxygen atoms in total. The lowest BCUT2D eigenvalue weighted by Gasteiger charge is -2.13. The fraction of sp³-hybridized carbons (Fsp3) is 0.158. The number of aromatic nitrogens is 2. The number of aromatic amines is 1. The summed E-state index contributed by atoms with van der Waals surface area (Å²) in [5.41, 5.74) is 2.03. The third-order valence-electron chi connectivity index (χ3n) is 4.01. The summed E-state index contributed by atoms with van der Waals surface area (Å²) in [6.45, 7) is 4.24. The molecule has 0 amide bonds. The third-order valence-corrected chi connectivity index (χ3v) is 4.57. The predicted molar refractivity (Wildman–Crippen MR) is 103 cm³/mol. The van der Waals surface area contributed by atoms with Gasteiger partial charge < -0.3 is 4.74 Å². The van der Waals surface area contributed by atoms with E-state index in [9.17, 15) is 9.59 Å². The van der Waals surface area contributed by atoms with Gasteiger partial charge in [-0.05, 0) is 54.8 Å². The molecular weight excluding hydrogens is 375 g/mol. The van der Waals surface area contributed by atoms with Crippen LogP contribution in [0.4, 0.5) is 0 Å². The Morgan fingerprint density at radius 2 is 1.69 bits per heavy atom. The Kier molecular flexibility index (Phi) is 5.20. The SMILES string of the molecule is Cc1ccc(Oc2c(Cl)cc(Cn3ccc(=O)[nH]c3=O)cc2Cl)cc1C. The van der Waals surface area contributed by atoms with Crippen molar-refractivity contribution >= 4 is 23.2 Å². The molecule has 1 aromatic heterocycles. The van der Waals surface area contributed by atoms with Crippen LogP contribution in [0.25, 0.3) is 0 Å². The van der Waals surface area contributed by atoms with Crippen molar-refractivity contribution in [1.82, 2.24) is 9.55 Å². The van der Waals surface area contributed by atoms with E-state index in [1.54, 1.807) is 12.1 Å². The minimum atomic E-state index is -0.500. The first-order chi connectivity index (χ1) is 12.3. The summed E-state index contributed by atoms with van der Waals surface area (Å²) in [5, 5.41) is 0.673. The zero-order chi connectivity index (χ0) is 18.8. The number of hydrogen-bond acceptors (Lipinski definition) is 3.